The Kier molecular flexibility index (Phi) is 7.60. The molecular formula is C13H21NO3S. The lowest BCUT2D eigenvalue weighted by molar-refractivity contribution is -0.140. The van der Waals surface area contributed by atoms with Crippen LogP contribution in [0.5, 0.6) is 0 Å². The number of carbonyl (C=O) groups excluding carboxylic acids is 1. The van der Waals surface area contributed by atoms with Gasteiger partial charge in [0, 0.05) is 5.75 Å². The van der Waals surface area contributed by atoms with E-state index in [1.165, 1.54) is 7.11 Å². The minimum Gasteiger partial charge on any atom is -0.469 e. The smallest absolute Gasteiger partial charge is 0.306 e. The molecule has 0 saturated heterocycles. The number of hydrogen-bond donors (Lipinski definition) is 1. The van der Waals surface area contributed by atoms with Gasteiger partial charge in [-0.15, -0.1) is 0 Å². The summed E-state index contributed by atoms with van der Waals surface area (Å²) in [5.74, 6) is 3.32. The lowest BCUT2D eigenvalue weighted by Gasteiger charge is -2.00. The number of nitrogens with one attached hydrogen (secondary N) is 1. The molecule has 0 aromatic carbocycles. The predicted octanol–water partition coefficient (Wildman–Crippen LogP) is 2.58. The summed E-state index contributed by atoms with van der Waals surface area (Å²) < 4.78 is 10.2. The van der Waals surface area contributed by atoms with Crippen LogP contribution in [-0.2, 0) is 21.8 Å². The highest BCUT2D eigenvalue weighted by atomic mass is 32.2. The molecule has 0 fully saturated rings. The van der Waals surface area contributed by atoms with Crippen molar-refractivity contribution in [1.82, 2.24) is 5.32 Å². The molecule has 0 aliphatic carbocycles. The number of esters is 1. The Morgan fingerprint density at radius 1 is 1.44 bits per heavy atom. The zero-order chi connectivity index (χ0) is 13.2. The molecule has 0 bridgehead atoms. The summed E-state index contributed by atoms with van der Waals surface area (Å²) in [6.45, 7) is 3.92. The van der Waals surface area contributed by atoms with Crippen molar-refractivity contribution in [3.05, 3.63) is 23.7 Å². The van der Waals surface area contributed by atoms with Crippen molar-refractivity contribution in [3.63, 3.8) is 0 Å². The van der Waals surface area contributed by atoms with E-state index in [9.17, 15) is 4.79 Å². The third-order valence-corrected chi connectivity index (χ3v) is 3.35. The molecule has 0 radical (unpaired) electrons. The molecule has 4 nitrogen and oxygen atoms in total. The third-order valence-electron chi connectivity index (χ3n) is 2.37. The van der Waals surface area contributed by atoms with Crippen LogP contribution in [0.1, 0.15) is 31.3 Å². The topological polar surface area (TPSA) is 51.5 Å². The fourth-order valence-electron chi connectivity index (χ4n) is 1.41. The lowest BCUT2D eigenvalue weighted by Crippen LogP contribution is -2.12. The summed E-state index contributed by atoms with van der Waals surface area (Å²) in [5.41, 5.74) is 0. The van der Waals surface area contributed by atoms with E-state index in [-0.39, 0.29) is 5.97 Å². The Labute approximate surface area is 112 Å². The van der Waals surface area contributed by atoms with Crippen molar-refractivity contribution in [3.8, 4) is 0 Å². The molecule has 0 aliphatic heterocycles. The highest BCUT2D eigenvalue weighted by Gasteiger charge is 2.04. The van der Waals surface area contributed by atoms with Gasteiger partial charge in [-0.1, -0.05) is 6.92 Å². The van der Waals surface area contributed by atoms with Crippen molar-refractivity contribution in [1.29, 1.82) is 0 Å². The average molecular weight is 271 g/mol. The van der Waals surface area contributed by atoms with Crippen LogP contribution in [0.3, 0.4) is 0 Å². The fourth-order valence-corrected chi connectivity index (χ4v) is 2.23. The van der Waals surface area contributed by atoms with Gasteiger partial charge in [0.25, 0.3) is 0 Å². The highest BCUT2D eigenvalue weighted by molar-refractivity contribution is 7.98. The minimum absolute atomic E-state index is 0.161. The summed E-state index contributed by atoms with van der Waals surface area (Å²) in [5, 5.41) is 3.29. The van der Waals surface area contributed by atoms with Crippen LogP contribution in [0.4, 0.5) is 0 Å². The second-order valence-electron chi connectivity index (χ2n) is 3.92. The molecule has 1 heterocycles. The van der Waals surface area contributed by atoms with Crippen LogP contribution in [0, 0.1) is 0 Å². The molecule has 102 valence electrons. The third kappa shape index (κ3) is 6.12. The van der Waals surface area contributed by atoms with Crippen LogP contribution in [0.2, 0.25) is 0 Å². The van der Waals surface area contributed by atoms with Gasteiger partial charge in [0.15, 0.2) is 0 Å². The summed E-state index contributed by atoms with van der Waals surface area (Å²) in [7, 11) is 1.41. The number of hydrogen-bond acceptors (Lipinski definition) is 5. The first kappa shape index (κ1) is 15.1. The van der Waals surface area contributed by atoms with Gasteiger partial charge in [-0.2, -0.15) is 11.8 Å². The number of carbonyl (C=O) groups is 1. The zero-order valence-electron chi connectivity index (χ0n) is 11.0. The average Bonchev–Trinajstić information content (AvgIpc) is 2.82. The predicted molar refractivity (Wildman–Crippen MR) is 73.5 cm³/mol. The Morgan fingerprint density at radius 2 is 2.22 bits per heavy atom. The van der Waals surface area contributed by atoms with Crippen molar-refractivity contribution in [2.24, 2.45) is 0 Å². The maximum Gasteiger partial charge on any atom is 0.306 e. The molecule has 0 spiro atoms. The van der Waals surface area contributed by atoms with Crippen LogP contribution in [0.15, 0.2) is 16.5 Å². The number of rotatable bonds is 9. The van der Waals surface area contributed by atoms with Gasteiger partial charge < -0.3 is 14.5 Å². The van der Waals surface area contributed by atoms with Crippen molar-refractivity contribution in [2.75, 3.05) is 19.4 Å². The van der Waals surface area contributed by atoms with Crippen molar-refractivity contribution >= 4 is 17.7 Å². The van der Waals surface area contributed by atoms with E-state index in [0.29, 0.717) is 6.42 Å². The summed E-state index contributed by atoms with van der Waals surface area (Å²) in [6, 6.07) is 3.99. The van der Waals surface area contributed by atoms with E-state index < -0.39 is 0 Å². The van der Waals surface area contributed by atoms with Crippen molar-refractivity contribution < 1.29 is 13.9 Å². The molecule has 5 heteroatoms. The Hall–Kier alpha value is -0.940. The quantitative estimate of drug-likeness (QED) is 0.552. The Morgan fingerprint density at radius 3 is 2.94 bits per heavy atom. The van der Waals surface area contributed by atoms with Gasteiger partial charge in [-0.25, -0.2) is 0 Å². The van der Waals surface area contributed by atoms with Gasteiger partial charge in [0.2, 0.25) is 0 Å². The number of ether oxygens (including phenoxy) is 1. The second kappa shape index (κ2) is 9.05. The molecule has 0 amide bonds. The van der Waals surface area contributed by atoms with Crippen LogP contribution >= 0.6 is 11.8 Å². The fraction of sp³-hybridized carbons (Fsp3) is 0.615. The number of methoxy groups -OCH3 is 1. The van der Waals surface area contributed by atoms with Gasteiger partial charge >= 0.3 is 5.97 Å². The van der Waals surface area contributed by atoms with Gasteiger partial charge in [0.1, 0.15) is 11.5 Å². The molecule has 1 aromatic rings. The Bertz CT molecular complexity index is 352. The first-order valence-electron chi connectivity index (χ1n) is 6.19. The molecule has 0 unspecified atom stereocenters. The number of furan rings is 1. The van der Waals surface area contributed by atoms with Crippen LogP contribution in [0.25, 0.3) is 0 Å². The van der Waals surface area contributed by atoms with Gasteiger partial charge in [-0.3, -0.25) is 4.79 Å². The summed E-state index contributed by atoms with van der Waals surface area (Å²) in [4.78, 5) is 10.9. The normalized spacial score (nSPS) is 10.6. The van der Waals surface area contributed by atoms with E-state index >= 15 is 0 Å². The Balaban J connectivity index is 2.16. The van der Waals surface area contributed by atoms with E-state index in [2.05, 4.69) is 17.0 Å². The van der Waals surface area contributed by atoms with E-state index in [0.717, 1.165) is 42.5 Å². The van der Waals surface area contributed by atoms with Crippen molar-refractivity contribution in [2.45, 2.75) is 32.1 Å². The molecule has 18 heavy (non-hydrogen) atoms. The van der Waals surface area contributed by atoms with E-state index in [1.807, 2.05) is 12.1 Å². The van der Waals surface area contributed by atoms with Gasteiger partial charge in [-0.05, 0) is 25.1 Å². The van der Waals surface area contributed by atoms with Gasteiger partial charge in [0.05, 0.1) is 25.8 Å². The molecule has 0 atom stereocenters. The monoisotopic (exact) mass is 271 g/mol. The first-order valence-corrected chi connectivity index (χ1v) is 7.34. The van der Waals surface area contributed by atoms with E-state index in [4.69, 9.17) is 4.42 Å². The maximum atomic E-state index is 10.9. The standard InChI is InChI=1S/C13H21NO3S/c1-3-7-14-9-11-4-5-12(17-11)10-18-8-6-13(15)16-2/h4-5,14H,3,6-10H2,1-2H3. The molecule has 1 rings (SSSR count). The highest BCUT2D eigenvalue weighted by Crippen LogP contribution is 2.16. The largest absolute Gasteiger partial charge is 0.469 e. The maximum absolute atomic E-state index is 10.9. The molecular weight excluding hydrogens is 250 g/mol. The molecule has 0 saturated carbocycles. The number of thioether (sulfide) groups is 1. The lowest BCUT2D eigenvalue weighted by atomic mass is 10.4. The minimum atomic E-state index is -0.161. The van der Waals surface area contributed by atoms with E-state index in [1.54, 1.807) is 11.8 Å². The zero-order valence-corrected chi connectivity index (χ0v) is 11.8. The molecule has 1 aromatic heterocycles. The summed E-state index contributed by atoms with van der Waals surface area (Å²) >= 11 is 1.68. The molecule has 0 aliphatic rings. The summed E-state index contributed by atoms with van der Waals surface area (Å²) in [6.07, 6.45) is 1.57. The van der Waals surface area contributed by atoms with Crippen LogP contribution < -0.4 is 5.32 Å². The first-order chi connectivity index (χ1) is 8.76. The second-order valence-corrected chi connectivity index (χ2v) is 5.03. The van der Waals surface area contributed by atoms with Crippen LogP contribution in [-0.4, -0.2) is 25.4 Å². The SMILES string of the molecule is CCCNCc1ccc(CSCCC(=O)OC)o1. The molecule has 1 N–H and O–H groups in total.